The number of hydrogen-bond donors (Lipinski definition) is 1. The quantitative estimate of drug-likeness (QED) is 0.868. The molecule has 0 radical (unpaired) electrons. The first kappa shape index (κ1) is 17.4. The van der Waals surface area contributed by atoms with E-state index in [1.165, 1.54) is 7.11 Å². The van der Waals surface area contributed by atoms with Gasteiger partial charge in [0, 0.05) is 5.56 Å². The minimum absolute atomic E-state index is 0. The number of carbonyl (C=O) groups excluding carboxylic acids is 1. The second kappa shape index (κ2) is 7.10. The van der Waals surface area contributed by atoms with Gasteiger partial charge < -0.3 is 14.6 Å². The van der Waals surface area contributed by atoms with Crippen LogP contribution in [0.25, 0.3) is 11.4 Å². The summed E-state index contributed by atoms with van der Waals surface area (Å²) in [6.45, 7) is 3.03. The normalized spacial score (nSPS) is 20.6. The largest absolute Gasteiger partial charge is 0.465 e. The van der Waals surface area contributed by atoms with Crippen LogP contribution in [-0.2, 0) is 10.3 Å². The lowest BCUT2D eigenvalue weighted by Crippen LogP contribution is -2.43. The van der Waals surface area contributed by atoms with E-state index in [9.17, 15) is 4.79 Å². The van der Waals surface area contributed by atoms with E-state index < -0.39 is 0 Å². The fourth-order valence-corrected chi connectivity index (χ4v) is 2.71. The number of nitrogens with zero attached hydrogens (tertiary/aromatic N) is 2. The molecule has 124 valence electrons. The number of hydrogen-bond acceptors (Lipinski definition) is 6. The Hall–Kier alpha value is -1.92. The Bertz CT molecular complexity index is 681. The summed E-state index contributed by atoms with van der Waals surface area (Å²) in [5.74, 6) is 0.687. The third-order valence-corrected chi connectivity index (χ3v) is 4.06. The first-order chi connectivity index (χ1) is 10.6. The highest BCUT2D eigenvalue weighted by atomic mass is 35.5. The minimum atomic E-state index is -0.383. The third kappa shape index (κ3) is 3.54. The van der Waals surface area contributed by atoms with Gasteiger partial charge in [-0.3, -0.25) is 0 Å². The van der Waals surface area contributed by atoms with Crippen LogP contribution < -0.4 is 5.32 Å². The maximum Gasteiger partial charge on any atom is 0.337 e. The van der Waals surface area contributed by atoms with Gasteiger partial charge in [0.15, 0.2) is 0 Å². The van der Waals surface area contributed by atoms with E-state index in [-0.39, 0.29) is 23.9 Å². The molecule has 3 rings (SSSR count). The number of ether oxygens (including phenoxy) is 1. The molecule has 1 aromatic heterocycles. The fraction of sp³-hybridized carbons (Fsp3) is 0.438. The predicted octanol–water partition coefficient (Wildman–Crippen LogP) is 2.93. The maximum absolute atomic E-state index is 11.6. The number of halogens is 1. The topological polar surface area (TPSA) is 77.2 Å². The van der Waals surface area contributed by atoms with Gasteiger partial charge in [-0.15, -0.1) is 12.4 Å². The fourth-order valence-electron chi connectivity index (χ4n) is 2.71. The molecule has 0 amide bonds. The Kier molecular flexibility index (Phi) is 5.38. The zero-order valence-electron chi connectivity index (χ0n) is 13.2. The number of carbonyl (C=O) groups is 1. The van der Waals surface area contributed by atoms with E-state index in [2.05, 4.69) is 22.4 Å². The molecule has 0 saturated carbocycles. The van der Waals surface area contributed by atoms with Crippen LogP contribution in [0, 0.1) is 0 Å². The lowest BCUT2D eigenvalue weighted by molar-refractivity contribution is 0.0601. The smallest absolute Gasteiger partial charge is 0.337 e. The maximum atomic E-state index is 11.6. The number of methoxy groups -OCH3 is 1. The van der Waals surface area contributed by atoms with E-state index >= 15 is 0 Å². The molecule has 1 fully saturated rings. The molecule has 1 saturated heterocycles. The van der Waals surface area contributed by atoms with Gasteiger partial charge in [0.05, 0.1) is 18.2 Å². The Morgan fingerprint density at radius 2 is 2.22 bits per heavy atom. The summed E-state index contributed by atoms with van der Waals surface area (Å²) in [4.78, 5) is 16.1. The number of aromatic nitrogens is 2. The SMILES string of the molecule is COC(=O)c1cccc(-c2noc(C3(C)CCCCN3)n2)c1.Cl. The summed E-state index contributed by atoms with van der Waals surface area (Å²) in [5, 5.41) is 7.50. The third-order valence-electron chi connectivity index (χ3n) is 4.06. The summed E-state index contributed by atoms with van der Waals surface area (Å²) < 4.78 is 10.2. The molecule has 0 aliphatic carbocycles. The predicted molar refractivity (Wildman–Crippen MR) is 87.5 cm³/mol. The van der Waals surface area contributed by atoms with Crippen LogP contribution in [0.4, 0.5) is 0 Å². The van der Waals surface area contributed by atoms with Gasteiger partial charge in [-0.25, -0.2) is 4.79 Å². The average Bonchev–Trinajstić information content (AvgIpc) is 3.06. The summed E-state index contributed by atoms with van der Waals surface area (Å²) in [6, 6.07) is 7.02. The van der Waals surface area contributed by atoms with Gasteiger partial charge in [0.2, 0.25) is 11.7 Å². The highest BCUT2D eigenvalue weighted by Crippen LogP contribution is 2.30. The summed E-state index contributed by atoms with van der Waals surface area (Å²) >= 11 is 0. The average molecular weight is 338 g/mol. The molecule has 23 heavy (non-hydrogen) atoms. The first-order valence-electron chi connectivity index (χ1n) is 7.40. The Morgan fingerprint density at radius 1 is 1.39 bits per heavy atom. The van der Waals surface area contributed by atoms with Gasteiger partial charge in [-0.1, -0.05) is 17.3 Å². The molecule has 2 aromatic rings. The van der Waals surface area contributed by atoms with Crippen LogP contribution in [0.2, 0.25) is 0 Å². The van der Waals surface area contributed by atoms with Crippen LogP contribution in [0.15, 0.2) is 28.8 Å². The molecule has 1 aromatic carbocycles. The molecule has 2 heterocycles. The zero-order valence-corrected chi connectivity index (χ0v) is 14.0. The Morgan fingerprint density at radius 3 is 2.91 bits per heavy atom. The molecular formula is C16H20ClN3O3. The molecule has 0 bridgehead atoms. The molecular weight excluding hydrogens is 318 g/mol. The number of nitrogens with one attached hydrogen (secondary N) is 1. The standard InChI is InChI=1S/C16H19N3O3.ClH/c1-16(8-3-4-9-17-16)15-18-13(19-22-15)11-6-5-7-12(10-11)14(20)21-2;/h5-7,10,17H,3-4,8-9H2,1-2H3;1H. The molecule has 1 atom stereocenters. The van der Waals surface area contributed by atoms with Crippen LogP contribution in [0.1, 0.15) is 42.4 Å². The van der Waals surface area contributed by atoms with Crippen molar-refractivity contribution < 1.29 is 14.1 Å². The van der Waals surface area contributed by atoms with Gasteiger partial charge in [-0.2, -0.15) is 4.98 Å². The van der Waals surface area contributed by atoms with Crippen molar-refractivity contribution >= 4 is 18.4 Å². The number of esters is 1. The molecule has 0 spiro atoms. The summed E-state index contributed by atoms with van der Waals surface area (Å²) in [6.07, 6.45) is 3.27. The van der Waals surface area contributed by atoms with Crippen LogP contribution in [0.3, 0.4) is 0 Å². The van der Waals surface area contributed by atoms with Crippen LogP contribution >= 0.6 is 12.4 Å². The minimum Gasteiger partial charge on any atom is -0.465 e. The van der Waals surface area contributed by atoms with Crippen molar-refractivity contribution in [1.82, 2.24) is 15.5 Å². The van der Waals surface area contributed by atoms with Crippen molar-refractivity contribution in [3.05, 3.63) is 35.7 Å². The van der Waals surface area contributed by atoms with Crippen molar-refractivity contribution in [1.29, 1.82) is 0 Å². The van der Waals surface area contributed by atoms with Crippen molar-refractivity contribution in [2.45, 2.75) is 31.7 Å². The van der Waals surface area contributed by atoms with E-state index in [1.54, 1.807) is 18.2 Å². The van der Waals surface area contributed by atoms with E-state index in [0.717, 1.165) is 31.4 Å². The molecule has 7 heteroatoms. The highest BCUT2D eigenvalue weighted by Gasteiger charge is 2.34. The summed E-state index contributed by atoms with van der Waals surface area (Å²) in [7, 11) is 1.36. The van der Waals surface area contributed by atoms with Gasteiger partial charge >= 0.3 is 5.97 Å². The second-order valence-electron chi connectivity index (χ2n) is 5.71. The van der Waals surface area contributed by atoms with Crippen molar-refractivity contribution in [3.8, 4) is 11.4 Å². The lowest BCUT2D eigenvalue weighted by Gasteiger charge is -2.31. The van der Waals surface area contributed by atoms with Gasteiger partial charge in [0.1, 0.15) is 0 Å². The monoisotopic (exact) mass is 337 g/mol. The number of rotatable bonds is 3. The molecule has 6 nitrogen and oxygen atoms in total. The number of benzene rings is 1. The van der Waals surface area contributed by atoms with Crippen LogP contribution in [0.5, 0.6) is 0 Å². The summed E-state index contributed by atoms with van der Waals surface area (Å²) in [5.41, 5.74) is 0.925. The van der Waals surface area contributed by atoms with E-state index in [0.29, 0.717) is 17.3 Å². The zero-order chi connectivity index (χ0) is 15.6. The van der Waals surface area contributed by atoms with Crippen LogP contribution in [-0.4, -0.2) is 29.8 Å². The molecule has 1 unspecified atom stereocenters. The Labute approximate surface area is 141 Å². The molecule has 1 aliphatic heterocycles. The van der Waals surface area contributed by atoms with E-state index in [1.807, 2.05) is 6.07 Å². The van der Waals surface area contributed by atoms with Gasteiger partial charge in [-0.05, 0) is 44.9 Å². The first-order valence-corrected chi connectivity index (χ1v) is 7.40. The lowest BCUT2D eigenvalue weighted by atomic mass is 9.91. The van der Waals surface area contributed by atoms with Gasteiger partial charge in [0.25, 0.3) is 0 Å². The van der Waals surface area contributed by atoms with Crippen molar-refractivity contribution in [3.63, 3.8) is 0 Å². The molecule has 1 N–H and O–H groups in total. The van der Waals surface area contributed by atoms with E-state index in [4.69, 9.17) is 9.26 Å². The Balaban J connectivity index is 0.00000192. The molecule has 1 aliphatic rings. The van der Waals surface area contributed by atoms with Crippen molar-refractivity contribution in [2.24, 2.45) is 0 Å². The highest BCUT2D eigenvalue weighted by molar-refractivity contribution is 5.90. The van der Waals surface area contributed by atoms with Crippen molar-refractivity contribution in [2.75, 3.05) is 13.7 Å². The second-order valence-corrected chi connectivity index (χ2v) is 5.71. The number of piperidine rings is 1.